The number of ether oxygens (including phenoxy) is 1. The number of pyridine rings is 1. The normalized spacial score (nSPS) is 12.7. The number of sulfonamides is 1. The number of esters is 1. The summed E-state index contributed by atoms with van der Waals surface area (Å²) in [6.45, 7) is 4.36. The number of imidazole rings is 1. The molecule has 0 aliphatic heterocycles. The van der Waals surface area contributed by atoms with E-state index < -0.39 is 22.0 Å². The standard InChI is InChI=1S/C21H26N4O4S2/c1-4-29-21(26)19(10-12-30-3)24-31(27,28)17-7-5-16(6-8-17)14-25-15(2)23-18-9-11-22-13-20(18)25/h5-9,11,13,19,24H,4,10,12,14H2,1-3H3/t19-/m0/s1. The Morgan fingerprint density at radius 1 is 1.26 bits per heavy atom. The molecule has 0 fully saturated rings. The Bertz CT molecular complexity index is 1140. The van der Waals surface area contributed by atoms with Gasteiger partial charge >= 0.3 is 5.97 Å². The number of benzene rings is 1. The first-order valence-electron chi connectivity index (χ1n) is 9.89. The van der Waals surface area contributed by atoms with Crippen molar-refractivity contribution in [2.45, 2.75) is 37.8 Å². The van der Waals surface area contributed by atoms with E-state index in [1.54, 1.807) is 43.6 Å². The highest BCUT2D eigenvalue weighted by molar-refractivity contribution is 7.98. The fourth-order valence-corrected chi connectivity index (χ4v) is 4.90. The Morgan fingerprint density at radius 2 is 2.00 bits per heavy atom. The van der Waals surface area contributed by atoms with Gasteiger partial charge in [-0.3, -0.25) is 9.78 Å². The van der Waals surface area contributed by atoms with Gasteiger partial charge in [0.2, 0.25) is 10.0 Å². The second-order valence-electron chi connectivity index (χ2n) is 6.96. The topological polar surface area (TPSA) is 103 Å². The van der Waals surface area contributed by atoms with Crippen LogP contribution in [0.25, 0.3) is 11.0 Å². The Labute approximate surface area is 186 Å². The van der Waals surface area contributed by atoms with Gasteiger partial charge in [-0.05, 0) is 56.0 Å². The molecule has 2 aromatic heterocycles. The lowest BCUT2D eigenvalue weighted by molar-refractivity contribution is -0.145. The second kappa shape index (κ2) is 10.3. The zero-order valence-electron chi connectivity index (χ0n) is 17.7. The molecule has 10 heteroatoms. The van der Waals surface area contributed by atoms with E-state index in [4.69, 9.17) is 4.74 Å². The SMILES string of the molecule is CCOC(=O)[C@H](CCSC)NS(=O)(=O)c1ccc(Cn2c(C)nc3ccncc32)cc1. The van der Waals surface area contributed by atoms with Crippen molar-refractivity contribution in [3.05, 3.63) is 54.1 Å². The molecule has 1 atom stereocenters. The van der Waals surface area contributed by atoms with E-state index in [1.807, 2.05) is 23.8 Å². The van der Waals surface area contributed by atoms with Crippen LogP contribution in [0.3, 0.4) is 0 Å². The van der Waals surface area contributed by atoms with Crippen LogP contribution in [0.1, 0.15) is 24.7 Å². The monoisotopic (exact) mass is 462 g/mol. The van der Waals surface area contributed by atoms with Crippen LogP contribution in [0.4, 0.5) is 0 Å². The Morgan fingerprint density at radius 3 is 2.68 bits per heavy atom. The van der Waals surface area contributed by atoms with Gasteiger partial charge in [0, 0.05) is 12.7 Å². The highest BCUT2D eigenvalue weighted by atomic mass is 32.2. The molecular formula is C21H26N4O4S2. The van der Waals surface area contributed by atoms with Crippen LogP contribution < -0.4 is 4.72 Å². The van der Waals surface area contributed by atoms with E-state index in [2.05, 4.69) is 14.7 Å². The molecule has 3 rings (SSSR count). The maximum Gasteiger partial charge on any atom is 0.324 e. The number of aryl methyl sites for hydroxylation is 1. The van der Waals surface area contributed by atoms with Crippen LogP contribution >= 0.6 is 11.8 Å². The number of carbonyl (C=O) groups is 1. The molecular weight excluding hydrogens is 436 g/mol. The van der Waals surface area contributed by atoms with Crippen molar-refractivity contribution in [2.24, 2.45) is 0 Å². The Balaban J connectivity index is 1.77. The quantitative estimate of drug-likeness (QED) is 0.462. The van der Waals surface area contributed by atoms with Gasteiger partial charge in [-0.1, -0.05) is 12.1 Å². The molecule has 0 saturated heterocycles. The summed E-state index contributed by atoms with van der Waals surface area (Å²) in [7, 11) is -3.86. The first kappa shape index (κ1) is 23.2. The molecule has 0 aliphatic carbocycles. The average Bonchev–Trinajstić information content (AvgIpc) is 3.07. The number of thioether (sulfide) groups is 1. The van der Waals surface area contributed by atoms with Crippen LogP contribution in [0.5, 0.6) is 0 Å². The summed E-state index contributed by atoms with van der Waals surface area (Å²) in [6, 6.07) is 7.55. The molecule has 0 bridgehead atoms. The number of carbonyl (C=O) groups excluding carboxylic acids is 1. The van der Waals surface area contributed by atoms with Gasteiger partial charge in [0.05, 0.1) is 28.7 Å². The molecule has 0 radical (unpaired) electrons. The third kappa shape index (κ3) is 5.63. The predicted molar refractivity (Wildman–Crippen MR) is 122 cm³/mol. The molecule has 8 nitrogen and oxygen atoms in total. The molecule has 1 N–H and O–H groups in total. The molecule has 2 heterocycles. The third-order valence-electron chi connectivity index (χ3n) is 4.79. The molecule has 0 unspecified atom stereocenters. The number of nitrogens with zero attached hydrogens (tertiary/aromatic N) is 3. The van der Waals surface area contributed by atoms with Gasteiger partial charge in [0.25, 0.3) is 0 Å². The van der Waals surface area contributed by atoms with Crippen LogP contribution in [-0.2, 0) is 26.1 Å². The van der Waals surface area contributed by atoms with Crippen LogP contribution in [0, 0.1) is 6.92 Å². The van der Waals surface area contributed by atoms with Crippen LogP contribution in [0.15, 0.2) is 47.6 Å². The number of rotatable bonds is 10. The van der Waals surface area contributed by atoms with Crippen molar-refractivity contribution >= 4 is 38.8 Å². The van der Waals surface area contributed by atoms with E-state index in [-0.39, 0.29) is 11.5 Å². The second-order valence-corrected chi connectivity index (χ2v) is 9.66. The molecule has 3 aromatic rings. The zero-order valence-corrected chi connectivity index (χ0v) is 19.4. The molecule has 1 aromatic carbocycles. The molecule has 0 spiro atoms. The van der Waals surface area contributed by atoms with Gasteiger partial charge in [-0.15, -0.1) is 0 Å². The van der Waals surface area contributed by atoms with Crippen molar-refractivity contribution in [1.82, 2.24) is 19.3 Å². The van der Waals surface area contributed by atoms with Gasteiger partial charge in [0.1, 0.15) is 11.9 Å². The van der Waals surface area contributed by atoms with E-state index in [0.29, 0.717) is 18.7 Å². The summed E-state index contributed by atoms with van der Waals surface area (Å²) in [6.07, 6.45) is 5.73. The predicted octanol–water partition coefficient (Wildman–Crippen LogP) is 2.75. The first-order valence-corrected chi connectivity index (χ1v) is 12.8. The van der Waals surface area contributed by atoms with Gasteiger partial charge in [-0.25, -0.2) is 13.4 Å². The van der Waals surface area contributed by atoms with Gasteiger partial charge in [-0.2, -0.15) is 16.5 Å². The van der Waals surface area contributed by atoms with Crippen molar-refractivity contribution < 1.29 is 17.9 Å². The molecule has 31 heavy (non-hydrogen) atoms. The number of nitrogens with one attached hydrogen (secondary N) is 1. The summed E-state index contributed by atoms with van der Waals surface area (Å²) in [4.78, 5) is 20.9. The number of hydrogen-bond donors (Lipinski definition) is 1. The van der Waals surface area contributed by atoms with Crippen molar-refractivity contribution in [3.63, 3.8) is 0 Å². The minimum Gasteiger partial charge on any atom is -0.465 e. The van der Waals surface area contributed by atoms with Crippen LogP contribution in [0.2, 0.25) is 0 Å². The largest absolute Gasteiger partial charge is 0.465 e. The summed E-state index contributed by atoms with van der Waals surface area (Å²) < 4.78 is 35.2. The lowest BCUT2D eigenvalue weighted by Gasteiger charge is -2.17. The van der Waals surface area contributed by atoms with E-state index in [1.165, 1.54) is 11.8 Å². The minimum atomic E-state index is -3.86. The highest BCUT2D eigenvalue weighted by Crippen LogP contribution is 2.18. The summed E-state index contributed by atoms with van der Waals surface area (Å²) >= 11 is 1.54. The highest BCUT2D eigenvalue weighted by Gasteiger charge is 2.26. The number of aromatic nitrogens is 3. The van der Waals surface area contributed by atoms with Crippen molar-refractivity contribution in [3.8, 4) is 0 Å². The van der Waals surface area contributed by atoms with Gasteiger partial charge < -0.3 is 9.30 Å². The van der Waals surface area contributed by atoms with Crippen molar-refractivity contribution in [2.75, 3.05) is 18.6 Å². The lowest BCUT2D eigenvalue weighted by atomic mass is 10.2. The minimum absolute atomic E-state index is 0.101. The molecule has 0 saturated carbocycles. The first-order chi connectivity index (χ1) is 14.9. The third-order valence-corrected chi connectivity index (χ3v) is 6.93. The van der Waals surface area contributed by atoms with E-state index >= 15 is 0 Å². The maximum atomic E-state index is 12.8. The lowest BCUT2D eigenvalue weighted by Crippen LogP contribution is -2.42. The number of fused-ring (bicyclic) bond motifs is 1. The molecule has 166 valence electrons. The summed E-state index contributed by atoms with van der Waals surface area (Å²) in [5, 5.41) is 0. The molecule has 0 aliphatic rings. The summed E-state index contributed by atoms with van der Waals surface area (Å²) in [5.74, 6) is 0.929. The summed E-state index contributed by atoms with van der Waals surface area (Å²) in [5.41, 5.74) is 2.71. The maximum absolute atomic E-state index is 12.8. The van der Waals surface area contributed by atoms with Crippen LogP contribution in [-0.4, -0.2) is 53.6 Å². The Hall–Kier alpha value is -2.43. The van der Waals surface area contributed by atoms with Crippen molar-refractivity contribution in [1.29, 1.82) is 0 Å². The zero-order chi connectivity index (χ0) is 22.4. The average molecular weight is 463 g/mol. The van der Waals surface area contributed by atoms with E-state index in [9.17, 15) is 13.2 Å². The smallest absolute Gasteiger partial charge is 0.324 e. The van der Waals surface area contributed by atoms with E-state index in [0.717, 1.165) is 22.4 Å². The fourth-order valence-electron chi connectivity index (χ4n) is 3.21. The number of hydrogen-bond acceptors (Lipinski definition) is 7. The fraction of sp³-hybridized carbons (Fsp3) is 0.381. The Kier molecular flexibility index (Phi) is 7.69. The van der Waals surface area contributed by atoms with Gasteiger partial charge in [0.15, 0.2) is 0 Å². The molecule has 0 amide bonds.